The standard InChI is InChI=1S/C15H16N6/c16-14(17)13-15(18)21-12(8-19-13)20-11-7-3-5-9-4-1-2-6-10(9)11/h2-3,5-8H,1,4H2,(H3,16,17)(H3,18,20,21). The summed E-state index contributed by atoms with van der Waals surface area (Å²) in [4.78, 5) is 8.27. The van der Waals surface area contributed by atoms with Gasteiger partial charge in [-0.1, -0.05) is 24.3 Å². The van der Waals surface area contributed by atoms with Crippen molar-refractivity contribution in [2.75, 3.05) is 11.1 Å². The van der Waals surface area contributed by atoms with Crippen LogP contribution in [-0.4, -0.2) is 15.8 Å². The van der Waals surface area contributed by atoms with E-state index in [1.54, 1.807) is 0 Å². The summed E-state index contributed by atoms with van der Waals surface area (Å²) in [7, 11) is 0. The molecule has 1 aromatic carbocycles. The van der Waals surface area contributed by atoms with Crippen LogP contribution in [0.4, 0.5) is 17.3 Å². The minimum atomic E-state index is -0.188. The van der Waals surface area contributed by atoms with Crippen LogP contribution in [0.2, 0.25) is 0 Å². The molecule has 1 aliphatic carbocycles. The number of anilines is 3. The monoisotopic (exact) mass is 280 g/mol. The molecule has 3 rings (SSSR count). The van der Waals surface area contributed by atoms with Crippen LogP contribution in [0.25, 0.3) is 6.08 Å². The quantitative estimate of drug-likeness (QED) is 0.507. The minimum Gasteiger partial charge on any atom is -0.382 e. The molecule has 1 aliphatic rings. The van der Waals surface area contributed by atoms with Crippen molar-refractivity contribution in [3.05, 3.63) is 47.3 Å². The Hall–Kier alpha value is -2.89. The van der Waals surface area contributed by atoms with Crippen molar-refractivity contribution in [3.63, 3.8) is 0 Å². The molecule has 0 atom stereocenters. The van der Waals surface area contributed by atoms with E-state index in [1.165, 1.54) is 17.3 Å². The van der Waals surface area contributed by atoms with Gasteiger partial charge in [0.25, 0.3) is 0 Å². The SMILES string of the molecule is N=C(N)c1ncc(Nc2cccc3c2C=CCC3)nc1N. The van der Waals surface area contributed by atoms with Gasteiger partial charge in [-0.15, -0.1) is 0 Å². The summed E-state index contributed by atoms with van der Waals surface area (Å²) in [5.74, 6) is 0.490. The number of nitrogens with one attached hydrogen (secondary N) is 2. The van der Waals surface area contributed by atoms with E-state index in [1.807, 2.05) is 12.1 Å². The molecule has 0 fully saturated rings. The molecular weight excluding hydrogens is 264 g/mol. The number of benzene rings is 1. The van der Waals surface area contributed by atoms with Gasteiger partial charge in [-0.3, -0.25) is 5.41 Å². The van der Waals surface area contributed by atoms with Crippen molar-refractivity contribution in [3.8, 4) is 0 Å². The van der Waals surface area contributed by atoms with Crippen molar-refractivity contribution in [1.82, 2.24) is 9.97 Å². The lowest BCUT2D eigenvalue weighted by Crippen LogP contribution is -2.17. The minimum absolute atomic E-state index is 0.146. The second-order valence-electron chi connectivity index (χ2n) is 4.85. The number of nitrogens with two attached hydrogens (primary N) is 2. The number of hydrogen-bond acceptors (Lipinski definition) is 5. The van der Waals surface area contributed by atoms with Crippen LogP contribution in [-0.2, 0) is 6.42 Å². The van der Waals surface area contributed by atoms with Crippen molar-refractivity contribution in [2.24, 2.45) is 5.73 Å². The van der Waals surface area contributed by atoms with Crippen molar-refractivity contribution >= 4 is 29.2 Å². The summed E-state index contributed by atoms with van der Waals surface area (Å²) in [5, 5.41) is 10.6. The Kier molecular flexibility index (Phi) is 3.27. The zero-order valence-electron chi connectivity index (χ0n) is 11.4. The third kappa shape index (κ3) is 2.55. The summed E-state index contributed by atoms with van der Waals surface area (Å²) in [6, 6.07) is 6.13. The highest BCUT2D eigenvalue weighted by Gasteiger charge is 2.11. The molecule has 1 heterocycles. The molecule has 0 radical (unpaired) electrons. The Bertz CT molecular complexity index is 735. The summed E-state index contributed by atoms with van der Waals surface area (Å²) in [6.45, 7) is 0. The van der Waals surface area contributed by atoms with Gasteiger partial charge in [-0.05, 0) is 24.5 Å². The fourth-order valence-electron chi connectivity index (χ4n) is 2.39. The van der Waals surface area contributed by atoms with Crippen LogP contribution in [0.15, 0.2) is 30.5 Å². The van der Waals surface area contributed by atoms with E-state index in [-0.39, 0.29) is 17.3 Å². The number of nitrogen functional groups attached to an aromatic ring is 2. The third-order valence-electron chi connectivity index (χ3n) is 3.38. The number of aromatic nitrogens is 2. The molecule has 106 valence electrons. The molecule has 1 aromatic heterocycles. The predicted octanol–water partition coefficient (Wildman–Crippen LogP) is 2.05. The van der Waals surface area contributed by atoms with Gasteiger partial charge in [0.05, 0.1) is 6.20 Å². The maximum Gasteiger partial charge on any atom is 0.155 e. The van der Waals surface area contributed by atoms with Crippen LogP contribution in [0.3, 0.4) is 0 Å². The third-order valence-corrected chi connectivity index (χ3v) is 3.38. The Labute approximate surface area is 122 Å². The molecule has 6 heteroatoms. The van der Waals surface area contributed by atoms with E-state index in [9.17, 15) is 0 Å². The second-order valence-corrected chi connectivity index (χ2v) is 4.85. The first-order valence-electron chi connectivity index (χ1n) is 6.67. The number of fused-ring (bicyclic) bond motifs is 1. The van der Waals surface area contributed by atoms with Crippen molar-refractivity contribution in [2.45, 2.75) is 12.8 Å². The fourth-order valence-corrected chi connectivity index (χ4v) is 2.39. The molecule has 0 saturated heterocycles. The second kappa shape index (κ2) is 5.24. The molecule has 0 aliphatic heterocycles. The van der Waals surface area contributed by atoms with Crippen molar-refractivity contribution < 1.29 is 0 Å². The average molecular weight is 280 g/mol. The number of rotatable bonds is 3. The molecule has 0 bridgehead atoms. The Morgan fingerprint density at radius 2 is 2.19 bits per heavy atom. The number of amidine groups is 1. The molecule has 0 saturated carbocycles. The van der Waals surface area contributed by atoms with Crippen LogP contribution in [0.1, 0.15) is 23.2 Å². The van der Waals surface area contributed by atoms with E-state index in [0.717, 1.165) is 18.5 Å². The first-order valence-corrected chi connectivity index (χ1v) is 6.67. The fraction of sp³-hybridized carbons (Fsp3) is 0.133. The highest BCUT2D eigenvalue weighted by molar-refractivity contribution is 5.97. The normalized spacial score (nSPS) is 12.8. The smallest absolute Gasteiger partial charge is 0.155 e. The number of hydrogen-bond donors (Lipinski definition) is 4. The lowest BCUT2D eigenvalue weighted by molar-refractivity contribution is 0.986. The highest BCUT2D eigenvalue weighted by atomic mass is 15.1. The van der Waals surface area contributed by atoms with E-state index < -0.39 is 0 Å². The van der Waals surface area contributed by atoms with Crippen LogP contribution in [0, 0.1) is 5.41 Å². The average Bonchev–Trinajstić information content (AvgIpc) is 2.47. The Morgan fingerprint density at radius 3 is 2.95 bits per heavy atom. The van der Waals surface area contributed by atoms with Gasteiger partial charge in [0.1, 0.15) is 11.5 Å². The van der Waals surface area contributed by atoms with Gasteiger partial charge >= 0.3 is 0 Å². The van der Waals surface area contributed by atoms with Gasteiger partial charge in [-0.25, -0.2) is 9.97 Å². The number of aryl methyl sites for hydroxylation is 1. The van der Waals surface area contributed by atoms with Gasteiger partial charge < -0.3 is 16.8 Å². The van der Waals surface area contributed by atoms with E-state index in [2.05, 4.69) is 33.5 Å². The number of allylic oxidation sites excluding steroid dienone is 1. The van der Waals surface area contributed by atoms with Crippen molar-refractivity contribution in [1.29, 1.82) is 5.41 Å². The lowest BCUT2D eigenvalue weighted by Gasteiger charge is -2.16. The maximum atomic E-state index is 7.36. The molecule has 0 amide bonds. The summed E-state index contributed by atoms with van der Waals surface area (Å²) in [6.07, 6.45) is 7.91. The molecule has 0 unspecified atom stereocenters. The highest BCUT2D eigenvalue weighted by Crippen LogP contribution is 2.28. The summed E-state index contributed by atoms with van der Waals surface area (Å²) >= 11 is 0. The van der Waals surface area contributed by atoms with Crippen LogP contribution < -0.4 is 16.8 Å². The Balaban J connectivity index is 1.93. The maximum absolute atomic E-state index is 7.36. The topological polar surface area (TPSA) is 114 Å². The predicted molar refractivity (Wildman–Crippen MR) is 84.5 cm³/mol. The lowest BCUT2D eigenvalue weighted by atomic mass is 9.96. The van der Waals surface area contributed by atoms with Gasteiger partial charge in [0, 0.05) is 11.3 Å². The molecule has 2 aromatic rings. The molecular formula is C15H16N6. The van der Waals surface area contributed by atoms with Gasteiger partial charge in [0.2, 0.25) is 0 Å². The number of nitrogens with zero attached hydrogens (tertiary/aromatic N) is 2. The Morgan fingerprint density at radius 1 is 1.33 bits per heavy atom. The largest absolute Gasteiger partial charge is 0.382 e. The van der Waals surface area contributed by atoms with Crippen LogP contribution in [0.5, 0.6) is 0 Å². The zero-order valence-corrected chi connectivity index (χ0v) is 11.4. The van der Waals surface area contributed by atoms with Crippen LogP contribution >= 0.6 is 0 Å². The first kappa shape index (κ1) is 13.1. The first-order chi connectivity index (χ1) is 10.1. The van der Waals surface area contributed by atoms with Gasteiger partial charge in [0.15, 0.2) is 11.6 Å². The summed E-state index contributed by atoms with van der Waals surface area (Å²) < 4.78 is 0. The molecule has 21 heavy (non-hydrogen) atoms. The molecule has 6 N–H and O–H groups in total. The zero-order chi connectivity index (χ0) is 14.8. The molecule has 0 spiro atoms. The van der Waals surface area contributed by atoms with Gasteiger partial charge in [-0.2, -0.15) is 0 Å². The molecule has 6 nitrogen and oxygen atoms in total. The van der Waals surface area contributed by atoms with E-state index in [0.29, 0.717) is 5.82 Å². The van der Waals surface area contributed by atoms with E-state index >= 15 is 0 Å². The summed E-state index contributed by atoms with van der Waals surface area (Å²) in [5.41, 5.74) is 14.8. The van der Waals surface area contributed by atoms with E-state index in [4.69, 9.17) is 16.9 Å².